The molecule has 88 valence electrons. The number of para-hydroxylation sites is 1. The zero-order valence-electron chi connectivity index (χ0n) is 9.93. The Bertz CT molecular complexity index is 450. The van der Waals surface area contributed by atoms with Crippen molar-refractivity contribution < 1.29 is 5.11 Å². The molecule has 2 nitrogen and oxygen atoms in total. The van der Waals surface area contributed by atoms with Crippen molar-refractivity contribution in [2.75, 3.05) is 11.9 Å². The summed E-state index contributed by atoms with van der Waals surface area (Å²) in [5.74, 6) is 0. The second-order valence-corrected chi connectivity index (χ2v) is 4.17. The molecule has 0 saturated heterocycles. The summed E-state index contributed by atoms with van der Waals surface area (Å²) in [5, 5.41) is 13.2. The molecule has 0 aliphatic heterocycles. The molecule has 0 aromatic heterocycles. The molecule has 0 spiro atoms. The molecule has 0 saturated carbocycles. The number of aliphatic hydroxyl groups is 1. The van der Waals surface area contributed by atoms with Crippen LogP contribution >= 0.6 is 0 Å². The van der Waals surface area contributed by atoms with Crippen molar-refractivity contribution in [1.29, 1.82) is 0 Å². The van der Waals surface area contributed by atoms with Gasteiger partial charge >= 0.3 is 0 Å². The first-order valence-electron chi connectivity index (χ1n) is 5.79. The van der Waals surface area contributed by atoms with Gasteiger partial charge in [0.25, 0.3) is 0 Å². The summed E-state index contributed by atoms with van der Waals surface area (Å²) in [7, 11) is 0. The summed E-state index contributed by atoms with van der Waals surface area (Å²) in [6, 6.07) is 17.9. The molecule has 17 heavy (non-hydrogen) atoms. The Kier molecular flexibility index (Phi) is 3.78. The lowest BCUT2D eigenvalue weighted by Gasteiger charge is -2.13. The van der Waals surface area contributed by atoms with Crippen LogP contribution in [0, 0.1) is 6.92 Å². The number of hydrogen-bond donors (Lipinski definition) is 2. The van der Waals surface area contributed by atoms with E-state index in [0.717, 1.165) is 11.3 Å². The molecule has 2 aromatic carbocycles. The van der Waals surface area contributed by atoms with Crippen LogP contribution in [0.25, 0.3) is 0 Å². The number of rotatable bonds is 4. The fourth-order valence-corrected chi connectivity index (χ4v) is 1.68. The van der Waals surface area contributed by atoms with Crippen LogP contribution in [0.4, 0.5) is 5.69 Å². The summed E-state index contributed by atoms with van der Waals surface area (Å²) in [6.45, 7) is 2.56. The molecule has 2 N–H and O–H groups in total. The molecule has 0 aliphatic rings. The molecule has 0 aliphatic carbocycles. The number of aliphatic hydroxyl groups excluding tert-OH is 1. The molecule has 0 bridgehead atoms. The van der Waals surface area contributed by atoms with Crippen molar-refractivity contribution in [2.24, 2.45) is 0 Å². The minimum absolute atomic E-state index is 0.476. The second kappa shape index (κ2) is 5.51. The zero-order chi connectivity index (χ0) is 12.1. The molecule has 2 rings (SSSR count). The molecule has 0 fully saturated rings. The van der Waals surface area contributed by atoms with Crippen molar-refractivity contribution in [3.63, 3.8) is 0 Å². The van der Waals surface area contributed by atoms with Gasteiger partial charge in [0.05, 0.1) is 6.10 Å². The molecule has 1 unspecified atom stereocenters. The number of benzene rings is 2. The van der Waals surface area contributed by atoms with Gasteiger partial charge in [0, 0.05) is 12.2 Å². The Labute approximate surface area is 102 Å². The fraction of sp³-hybridized carbons (Fsp3) is 0.200. The first-order chi connectivity index (χ1) is 8.25. The van der Waals surface area contributed by atoms with E-state index in [1.54, 1.807) is 0 Å². The number of nitrogens with one attached hydrogen (secondary N) is 1. The molecule has 1 atom stereocenters. The first kappa shape index (κ1) is 11.7. The van der Waals surface area contributed by atoms with E-state index in [1.807, 2.05) is 61.5 Å². The molecule has 2 aromatic rings. The second-order valence-electron chi connectivity index (χ2n) is 4.17. The highest BCUT2D eigenvalue weighted by atomic mass is 16.3. The normalized spacial score (nSPS) is 12.1. The Morgan fingerprint density at radius 3 is 2.29 bits per heavy atom. The highest BCUT2D eigenvalue weighted by Gasteiger charge is 2.06. The summed E-state index contributed by atoms with van der Waals surface area (Å²) < 4.78 is 0. The monoisotopic (exact) mass is 227 g/mol. The van der Waals surface area contributed by atoms with E-state index >= 15 is 0 Å². The summed E-state index contributed by atoms with van der Waals surface area (Å²) >= 11 is 0. The van der Waals surface area contributed by atoms with Crippen LogP contribution in [0.15, 0.2) is 54.6 Å². The Morgan fingerprint density at radius 2 is 1.65 bits per heavy atom. The van der Waals surface area contributed by atoms with Gasteiger partial charge < -0.3 is 10.4 Å². The Morgan fingerprint density at radius 1 is 1.00 bits per heavy atom. The minimum Gasteiger partial charge on any atom is -0.387 e. The summed E-state index contributed by atoms with van der Waals surface area (Å²) in [6.07, 6.45) is -0.476. The van der Waals surface area contributed by atoms with E-state index in [0.29, 0.717) is 6.54 Å². The molecular weight excluding hydrogens is 210 g/mol. The van der Waals surface area contributed by atoms with Gasteiger partial charge in [0.1, 0.15) is 0 Å². The maximum atomic E-state index is 10.0. The van der Waals surface area contributed by atoms with Gasteiger partial charge in [-0.25, -0.2) is 0 Å². The van der Waals surface area contributed by atoms with Crippen LogP contribution in [0.5, 0.6) is 0 Å². The Hall–Kier alpha value is -1.80. The van der Waals surface area contributed by atoms with E-state index in [4.69, 9.17) is 0 Å². The summed E-state index contributed by atoms with van der Waals surface area (Å²) in [5.41, 5.74) is 3.18. The lowest BCUT2D eigenvalue weighted by molar-refractivity contribution is 0.191. The van der Waals surface area contributed by atoms with E-state index < -0.39 is 6.10 Å². The SMILES string of the molecule is Cc1ccc(C(O)CNc2ccccc2)cc1. The van der Waals surface area contributed by atoms with Gasteiger partial charge in [-0.3, -0.25) is 0 Å². The third-order valence-corrected chi connectivity index (χ3v) is 2.74. The van der Waals surface area contributed by atoms with Crippen molar-refractivity contribution >= 4 is 5.69 Å². The van der Waals surface area contributed by atoms with Crippen molar-refractivity contribution in [1.82, 2.24) is 0 Å². The first-order valence-corrected chi connectivity index (χ1v) is 5.79. The molecule has 0 amide bonds. The van der Waals surface area contributed by atoms with Crippen molar-refractivity contribution in [2.45, 2.75) is 13.0 Å². The quantitative estimate of drug-likeness (QED) is 0.841. The topological polar surface area (TPSA) is 32.3 Å². The smallest absolute Gasteiger partial charge is 0.0962 e. The predicted octanol–water partition coefficient (Wildman–Crippen LogP) is 3.14. The molecule has 0 radical (unpaired) electrons. The molecule has 0 heterocycles. The third-order valence-electron chi connectivity index (χ3n) is 2.74. The van der Waals surface area contributed by atoms with Gasteiger partial charge in [-0.05, 0) is 24.6 Å². The van der Waals surface area contributed by atoms with Crippen LogP contribution in [0.2, 0.25) is 0 Å². The largest absolute Gasteiger partial charge is 0.387 e. The molecular formula is C15H17NO. The standard InChI is InChI=1S/C15H17NO/c1-12-7-9-13(10-8-12)15(17)11-16-14-5-3-2-4-6-14/h2-10,15-17H,11H2,1H3. The minimum atomic E-state index is -0.476. The van der Waals surface area contributed by atoms with Gasteiger partial charge in [-0.1, -0.05) is 48.0 Å². The van der Waals surface area contributed by atoms with E-state index in [-0.39, 0.29) is 0 Å². The van der Waals surface area contributed by atoms with Crippen molar-refractivity contribution in [3.05, 3.63) is 65.7 Å². The number of anilines is 1. The predicted molar refractivity (Wildman–Crippen MR) is 71.1 cm³/mol. The maximum absolute atomic E-state index is 10.0. The van der Waals surface area contributed by atoms with Gasteiger partial charge in [-0.2, -0.15) is 0 Å². The van der Waals surface area contributed by atoms with Crippen molar-refractivity contribution in [3.8, 4) is 0 Å². The lowest BCUT2D eigenvalue weighted by Crippen LogP contribution is -2.11. The average molecular weight is 227 g/mol. The van der Waals surface area contributed by atoms with Crippen LogP contribution in [0.1, 0.15) is 17.2 Å². The molecule has 2 heteroatoms. The maximum Gasteiger partial charge on any atom is 0.0962 e. The lowest BCUT2D eigenvalue weighted by atomic mass is 10.1. The van der Waals surface area contributed by atoms with Crippen LogP contribution in [-0.2, 0) is 0 Å². The van der Waals surface area contributed by atoms with Crippen LogP contribution in [-0.4, -0.2) is 11.7 Å². The summed E-state index contributed by atoms with van der Waals surface area (Å²) in [4.78, 5) is 0. The van der Waals surface area contributed by atoms with Gasteiger partial charge in [0.15, 0.2) is 0 Å². The fourth-order valence-electron chi connectivity index (χ4n) is 1.68. The number of hydrogen-bond acceptors (Lipinski definition) is 2. The number of aryl methyl sites for hydroxylation is 1. The van der Waals surface area contributed by atoms with Crippen LogP contribution < -0.4 is 5.32 Å². The van der Waals surface area contributed by atoms with E-state index in [2.05, 4.69) is 5.32 Å². The third kappa shape index (κ3) is 3.33. The van der Waals surface area contributed by atoms with Gasteiger partial charge in [-0.15, -0.1) is 0 Å². The van der Waals surface area contributed by atoms with E-state index in [1.165, 1.54) is 5.56 Å². The highest BCUT2D eigenvalue weighted by molar-refractivity contribution is 5.42. The zero-order valence-corrected chi connectivity index (χ0v) is 9.93. The highest BCUT2D eigenvalue weighted by Crippen LogP contribution is 2.15. The van der Waals surface area contributed by atoms with Gasteiger partial charge in [0.2, 0.25) is 0 Å². The van der Waals surface area contributed by atoms with E-state index in [9.17, 15) is 5.11 Å². The Balaban J connectivity index is 1.93. The average Bonchev–Trinajstić information content (AvgIpc) is 2.38. The van der Waals surface area contributed by atoms with Crippen LogP contribution in [0.3, 0.4) is 0 Å².